The highest BCUT2D eigenvalue weighted by Gasteiger charge is 2.66. The zero-order chi connectivity index (χ0) is 46.4. The van der Waals surface area contributed by atoms with Gasteiger partial charge in [0.2, 0.25) is 5.60 Å². The second-order valence-corrected chi connectivity index (χ2v) is 22.0. The second-order valence-electron chi connectivity index (χ2n) is 22.0. The highest BCUT2D eigenvalue weighted by atomic mass is 16.7. The van der Waals surface area contributed by atoms with Crippen LogP contribution in [0.1, 0.15) is 128 Å². The molecule has 13 nitrogen and oxygen atoms in total. The summed E-state index contributed by atoms with van der Waals surface area (Å²) in [6.07, 6.45) is 9.76. The Hall–Kier alpha value is -4.04. The number of ether oxygens (including phenoxy) is 4. The largest absolute Gasteiger partial charge is 0.481 e. The minimum Gasteiger partial charge on any atom is -0.481 e. The van der Waals surface area contributed by atoms with Crippen LogP contribution in [-0.2, 0) is 38.9 Å². The van der Waals surface area contributed by atoms with Gasteiger partial charge in [-0.1, -0.05) is 81.4 Å². The van der Waals surface area contributed by atoms with E-state index < -0.39 is 61.3 Å². The summed E-state index contributed by atoms with van der Waals surface area (Å²) in [6.45, 7) is 7.99. The molecular weight excluding hydrogens is 841 g/mol. The normalized spacial score (nSPS) is 36.9. The van der Waals surface area contributed by atoms with Gasteiger partial charge in [0, 0.05) is 44.9 Å². The molecule has 3 heterocycles. The molecule has 4 saturated carbocycles. The quantitative estimate of drug-likeness (QED) is 0.0639. The molecule has 7 unspecified atom stereocenters. The Morgan fingerprint density at radius 1 is 0.803 bits per heavy atom. The number of hydrogen-bond donors (Lipinski definition) is 4. The average Bonchev–Trinajstić information content (AvgIpc) is 3.98. The zero-order valence-corrected chi connectivity index (χ0v) is 39.2. The minimum absolute atomic E-state index is 0.0545. The molecular formula is C53H73N2O11+. The van der Waals surface area contributed by atoms with Gasteiger partial charge in [0.05, 0.1) is 37.4 Å². The van der Waals surface area contributed by atoms with Gasteiger partial charge in [-0.15, -0.1) is 0 Å². The topological polar surface area (TPSA) is 178 Å². The molecule has 2 aromatic carbocycles. The Morgan fingerprint density at radius 2 is 1.45 bits per heavy atom. The van der Waals surface area contributed by atoms with Crippen molar-refractivity contribution in [3.63, 3.8) is 0 Å². The molecule has 3 aliphatic heterocycles. The molecule has 4 aliphatic carbocycles. The van der Waals surface area contributed by atoms with Gasteiger partial charge in [-0.25, -0.2) is 9.59 Å². The number of carbonyl (C=O) groups excluding carboxylic acids is 3. The molecule has 7 fully saturated rings. The van der Waals surface area contributed by atoms with Crippen molar-refractivity contribution in [2.24, 2.45) is 46.3 Å². The van der Waals surface area contributed by atoms with Crippen LogP contribution in [0.25, 0.3) is 0 Å². The monoisotopic (exact) mass is 914 g/mol. The number of quaternary nitrogens is 1. The first kappa shape index (κ1) is 47.0. The van der Waals surface area contributed by atoms with E-state index in [0.717, 1.165) is 44.9 Å². The van der Waals surface area contributed by atoms with Crippen LogP contribution in [0.4, 0.5) is 4.79 Å². The maximum Gasteiger partial charge on any atom is 0.407 e. The van der Waals surface area contributed by atoms with Crippen molar-refractivity contribution >= 4 is 24.0 Å². The first-order valence-corrected chi connectivity index (χ1v) is 25.2. The Balaban J connectivity index is 0.794. The fourth-order valence-corrected chi connectivity index (χ4v) is 15.9. The molecule has 3 saturated heterocycles. The van der Waals surface area contributed by atoms with Crippen LogP contribution in [0.15, 0.2) is 60.7 Å². The molecule has 66 heavy (non-hydrogen) atoms. The number of aliphatic carboxylic acids is 1. The van der Waals surface area contributed by atoms with Crippen molar-refractivity contribution in [2.45, 2.75) is 159 Å². The lowest BCUT2D eigenvalue weighted by Gasteiger charge is -2.63. The number of carboxylic acids is 1. The Morgan fingerprint density at radius 3 is 2.09 bits per heavy atom. The summed E-state index contributed by atoms with van der Waals surface area (Å²) in [5, 5.41) is 35.7. The van der Waals surface area contributed by atoms with Crippen LogP contribution in [-0.4, -0.2) is 107 Å². The maximum atomic E-state index is 14.7. The first-order valence-electron chi connectivity index (χ1n) is 25.2. The number of piperidine rings is 1. The summed E-state index contributed by atoms with van der Waals surface area (Å²) < 4.78 is 25.5. The number of carboxylic acid groups (broad SMARTS) is 1. The lowest BCUT2D eigenvalue weighted by atomic mass is 9.43. The maximum absolute atomic E-state index is 14.7. The molecule has 13 heteroatoms. The van der Waals surface area contributed by atoms with Crippen LogP contribution in [0.3, 0.4) is 0 Å². The lowest BCUT2D eigenvalue weighted by molar-refractivity contribution is -0.956. The van der Waals surface area contributed by atoms with Crippen molar-refractivity contribution in [3.05, 3.63) is 71.8 Å². The second kappa shape index (κ2) is 18.8. The van der Waals surface area contributed by atoms with Crippen LogP contribution in [0, 0.1) is 46.3 Å². The Labute approximate surface area is 389 Å². The van der Waals surface area contributed by atoms with Gasteiger partial charge in [0.25, 0.3) is 0 Å². The molecule has 13 atom stereocenters. The summed E-state index contributed by atoms with van der Waals surface area (Å²) in [5.74, 6) is -1.32. The van der Waals surface area contributed by atoms with Crippen molar-refractivity contribution in [3.8, 4) is 0 Å². The number of fused-ring (bicyclic) bond motifs is 5. The van der Waals surface area contributed by atoms with E-state index in [1.165, 1.54) is 30.4 Å². The van der Waals surface area contributed by atoms with E-state index in [-0.39, 0.29) is 58.9 Å². The van der Waals surface area contributed by atoms with Crippen molar-refractivity contribution in [1.82, 2.24) is 5.32 Å². The summed E-state index contributed by atoms with van der Waals surface area (Å²) in [6, 6.07) is 19.3. The van der Waals surface area contributed by atoms with Gasteiger partial charge in [-0.2, -0.15) is 0 Å². The lowest BCUT2D eigenvalue weighted by Crippen LogP contribution is -2.62. The Kier molecular flexibility index (Phi) is 13.4. The highest BCUT2D eigenvalue weighted by molar-refractivity contribution is 5.86. The van der Waals surface area contributed by atoms with Gasteiger partial charge < -0.3 is 44.1 Å². The van der Waals surface area contributed by atoms with Crippen LogP contribution >= 0.6 is 0 Å². The summed E-state index contributed by atoms with van der Waals surface area (Å²) in [4.78, 5) is 52.4. The highest BCUT2D eigenvalue weighted by Crippen LogP contribution is 2.68. The third-order valence-electron chi connectivity index (χ3n) is 19.1. The number of aliphatic hydroxyl groups is 2. The number of rotatable bonds is 14. The molecule has 7 aliphatic rings. The minimum atomic E-state index is -1.72. The molecule has 1 amide bonds. The van der Waals surface area contributed by atoms with Crippen molar-refractivity contribution in [1.29, 1.82) is 0 Å². The number of hydrogen-bond acceptors (Lipinski definition) is 10. The van der Waals surface area contributed by atoms with E-state index in [1.54, 1.807) is 0 Å². The number of esters is 2. The molecule has 360 valence electrons. The molecule has 9 rings (SSSR count). The van der Waals surface area contributed by atoms with Crippen LogP contribution in [0.2, 0.25) is 0 Å². The van der Waals surface area contributed by atoms with Gasteiger partial charge in [-0.3, -0.25) is 9.59 Å². The third-order valence-corrected chi connectivity index (χ3v) is 19.1. The Bertz CT molecular complexity index is 2010. The fourth-order valence-electron chi connectivity index (χ4n) is 15.9. The summed E-state index contributed by atoms with van der Waals surface area (Å²) in [7, 11) is 0. The number of amides is 1. The zero-order valence-electron chi connectivity index (χ0n) is 39.2. The molecule has 0 radical (unpaired) electrons. The van der Waals surface area contributed by atoms with Gasteiger partial charge >= 0.3 is 24.0 Å². The number of aliphatic hydroxyl groups excluding tert-OH is 2. The smallest absolute Gasteiger partial charge is 0.407 e. The van der Waals surface area contributed by atoms with Gasteiger partial charge in [0.15, 0.2) is 6.79 Å². The van der Waals surface area contributed by atoms with Crippen LogP contribution < -0.4 is 5.32 Å². The molecule has 1 spiro atoms. The van der Waals surface area contributed by atoms with E-state index in [0.29, 0.717) is 55.3 Å². The van der Waals surface area contributed by atoms with E-state index in [2.05, 4.69) is 26.1 Å². The summed E-state index contributed by atoms with van der Waals surface area (Å²) in [5.41, 5.74) is -1.13. The predicted molar refractivity (Wildman–Crippen MR) is 243 cm³/mol. The van der Waals surface area contributed by atoms with Gasteiger partial charge in [-0.05, 0) is 109 Å². The third kappa shape index (κ3) is 8.35. The molecule has 0 aromatic heterocycles. The molecule has 4 N–H and O–H groups in total. The number of nitrogens with zero attached hydrogens (tertiary/aromatic N) is 1. The van der Waals surface area contributed by atoms with E-state index in [9.17, 15) is 34.5 Å². The molecule has 2 aromatic rings. The van der Waals surface area contributed by atoms with E-state index in [4.69, 9.17) is 18.9 Å². The average molecular weight is 914 g/mol. The number of benzene rings is 2. The fraction of sp³-hybridized carbons (Fsp3) is 0.698. The standard InChI is InChI=1S/C53H72N2O11/c1-33(16-21-46(58)59)41-19-20-42-48-43(30-45(57)52(41,42)3)51(2)23-22-39(26-36(51)27-44(48)56)66-50(62)54-31-47(60)63-32-64-53(34-12-6-4-7-13-34,35-14-8-5-9-15-35)49(61)65-40-28-37-17-18-38(29-40)55(37)24-10-11-25-55/h4-9,12-15,33,36-45,48,56-57H,10-11,16-32H2,1-3H3,(H-,54,58,59,62)/p+1/t33-,36?,37?,38?,39-,40?,41?,42?,43?,44-,45+,48?,51+,52-/m1/s1. The van der Waals surface area contributed by atoms with Crippen LogP contribution in [0.5, 0.6) is 0 Å². The number of carbonyl (C=O) groups is 4. The van der Waals surface area contributed by atoms with Crippen molar-refractivity contribution in [2.75, 3.05) is 26.4 Å². The van der Waals surface area contributed by atoms with E-state index in [1.807, 2.05) is 60.7 Å². The first-order chi connectivity index (χ1) is 31.7. The van der Waals surface area contributed by atoms with E-state index >= 15 is 0 Å². The van der Waals surface area contributed by atoms with Crippen molar-refractivity contribution < 1.29 is 57.9 Å². The number of alkyl carbamates (subject to hydrolysis) is 1. The predicted octanol–water partition coefficient (Wildman–Crippen LogP) is 7.49. The number of nitrogens with one attached hydrogen (secondary N) is 1. The summed E-state index contributed by atoms with van der Waals surface area (Å²) >= 11 is 0. The SMILES string of the molecule is C[C@H](CCC(=O)O)C1CCC2C3C(C[C@H](O)[C@@]21C)[C@@]1(C)CC[C@@H](OC(=O)NCC(=O)OCOC(C(=O)OC2CC4CCC(C2)[N+]42CCCC2)(c2ccccc2)c2ccccc2)CC1C[C@H]3O. The van der Waals surface area contributed by atoms with Gasteiger partial charge in [0.1, 0.15) is 18.8 Å². The molecule has 2 bridgehead atoms.